The Morgan fingerprint density at radius 1 is 1.53 bits per heavy atom. The molecule has 0 aromatic heterocycles. The van der Waals surface area contributed by atoms with E-state index in [1.54, 1.807) is 0 Å². The van der Waals surface area contributed by atoms with Crippen LogP contribution in [0.1, 0.15) is 20.3 Å². The van der Waals surface area contributed by atoms with Crippen LogP contribution in [0.2, 0.25) is 5.02 Å². The highest BCUT2D eigenvalue weighted by Gasteiger charge is 2.06. The molecule has 1 amide bonds. The van der Waals surface area contributed by atoms with E-state index in [-0.39, 0.29) is 23.5 Å². The quantitative estimate of drug-likeness (QED) is 0.853. The molecule has 5 heteroatoms. The van der Waals surface area contributed by atoms with Crippen molar-refractivity contribution in [2.75, 3.05) is 11.9 Å². The Bertz CT molecular complexity index is 398. The highest BCUT2D eigenvalue weighted by molar-refractivity contribution is 6.33. The molecule has 17 heavy (non-hydrogen) atoms. The topological polar surface area (TPSA) is 41.1 Å². The average Bonchev–Trinajstić information content (AvgIpc) is 2.27. The fraction of sp³-hybridized carbons (Fsp3) is 0.417. The lowest BCUT2D eigenvalue weighted by Crippen LogP contribution is -2.36. The third-order valence-electron chi connectivity index (χ3n) is 2.39. The Morgan fingerprint density at radius 2 is 2.24 bits per heavy atom. The van der Waals surface area contributed by atoms with Gasteiger partial charge in [-0.1, -0.05) is 18.5 Å². The Kier molecular flexibility index (Phi) is 5.22. The Hall–Kier alpha value is -1.29. The van der Waals surface area contributed by atoms with E-state index in [9.17, 15) is 9.18 Å². The van der Waals surface area contributed by atoms with Crippen molar-refractivity contribution in [1.29, 1.82) is 0 Å². The van der Waals surface area contributed by atoms with Crippen molar-refractivity contribution < 1.29 is 9.18 Å². The molecule has 1 aromatic carbocycles. The number of nitrogens with one attached hydrogen (secondary N) is 2. The molecule has 1 aromatic rings. The molecule has 0 heterocycles. The Labute approximate surface area is 105 Å². The fourth-order valence-electron chi connectivity index (χ4n) is 1.24. The van der Waals surface area contributed by atoms with Crippen molar-refractivity contribution in [1.82, 2.24) is 5.32 Å². The zero-order valence-electron chi connectivity index (χ0n) is 9.89. The van der Waals surface area contributed by atoms with Gasteiger partial charge < -0.3 is 10.6 Å². The van der Waals surface area contributed by atoms with Gasteiger partial charge in [0.15, 0.2) is 0 Å². The molecule has 1 rings (SSSR count). The lowest BCUT2D eigenvalue weighted by molar-refractivity contribution is -0.120. The first-order chi connectivity index (χ1) is 8.02. The fourth-order valence-corrected chi connectivity index (χ4v) is 1.47. The van der Waals surface area contributed by atoms with Crippen LogP contribution in [0.3, 0.4) is 0 Å². The summed E-state index contributed by atoms with van der Waals surface area (Å²) in [5.41, 5.74) is 0.548. The molecule has 0 saturated carbocycles. The van der Waals surface area contributed by atoms with Gasteiger partial charge in [-0.25, -0.2) is 4.39 Å². The van der Waals surface area contributed by atoms with Crippen molar-refractivity contribution in [3.8, 4) is 0 Å². The highest BCUT2D eigenvalue weighted by Crippen LogP contribution is 2.21. The van der Waals surface area contributed by atoms with Crippen LogP contribution in [-0.4, -0.2) is 18.5 Å². The minimum absolute atomic E-state index is 0.111. The molecule has 2 N–H and O–H groups in total. The van der Waals surface area contributed by atoms with Crippen LogP contribution in [0.4, 0.5) is 10.1 Å². The standard InChI is InChI=1S/C12H16ClFN2O/c1-3-8(2)16-12(17)7-15-11-5-4-9(14)6-10(11)13/h4-6,8,15H,3,7H2,1-2H3,(H,16,17). The third kappa shape index (κ3) is 4.61. The van der Waals surface area contributed by atoms with E-state index in [2.05, 4.69) is 10.6 Å². The molecular formula is C12H16ClFN2O. The maximum atomic E-state index is 12.8. The average molecular weight is 259 g/mol. The Balaban J connectivity index is 2.47. The van der Waals surface area contributed by atoms with Crippen LogP contribution < -0.4 is 10.6 Å². The summed E-state index contributed by atoms with van der Waals surface area (Å²) in [5.74, 6) is -0.510. The number of hydrogen-bond donors (Lipinski definition) is 2. The largest absolute Gasteiger partial charge is 0.375 e. The zero-order chi connectivity index (χ0) is 12.8. The SMILES string of the molecule is CCC(C)NC(=O)CNc1ccc(F)cc1Cl. The van der Waals surface area contributed by atoms with Gasteiger partial charge in [0.2, 0.25) is 5.91 Å². The van der Waals surface area contributed by atoms with Crippen LogP contribution in [0.25, 0.3) is 0 Å². The second kappa shape index (κ2) is 6.45. The first-order valence-corrected chi connectivity index (χ1v) is 5.89. The number of halogens is 2. The number of rotatable bonds is 5. The first kappa shape index (κ1) is 13.8. The van der Waals surface area contributed by atoms with Gasteiger partial charge in [0.1, 0.15) is 5.82 Å². The summed E-state index contributed by atoms with van der Waals surface area (Å²) >= 11 is 5.81. The van der Waals surface area contributed by atoms with E-state index >= 15 is 0 Å². The van der Waals surface area contributed by atoms with Crippen molar-refractivity contribution in [3.05, 3.63) is 29.0 Å². The minimum Gasteiger partial charge on any atom is -0.375 e. The molecule has 0 aliphatic rings. The van der Waals surface area contributed by atoms with E-state index in [4.69, 9.17) is 11.6 Å². The highest BCUT2D eigenvalue weighted by atomic mass is 35.5. The van der Waals surface area contributed by atoms with Gasteiger partial charge in [-0.2, -0.15) is 0 Å². The molecule has 0 bridgehead atoms. The summed E-state index contributed by atoms with van der Waals surface area (Å²) in [5, 5.41) is 5.94. The van der Waals surface area contributed by atoms with Gasteiger partial charge in [-0.3, -0.25) is 4.79 Å². The zero-order valence-corrected chi connectivity index (χ0v) is 10.6. The van der Waals surface area contributed by atoms with Gasteiger partial charge in [0.05, 0.1) is 17.3 Å². The summed E-state index contributed by atoms with van der Waals surface area (Å²) in [6.07, 6.45) is 0.878. The predicted molar refractivity (Wildman–Crippen MR) is 67.8 cm³/mol. The van der Waals surface area contributed by atoms with E-state index in [0.717, 1.165) is 6.42 Å². The lowest BCUT2D eigenvalue weighted by atomic mass is 10.2. The van der Waals surface area contributed by atoms with Crippen LogP contribution >= 0.6 is 11.6 Å². The minimum atomic E-state index is -0.399. The summed E-state index contributed by atoms with van der Waals surface area (Å²) in [7, 11) is 0. The first-order valence-electron chi connectivity index (χ1n) is 5.51. The molecule has 0 fully saturated rings. The van der Waals surface area contributed by atoms with E-state index in [1.807, 2.05) is 13.8 Å². The van der Waals surface area contributed by atoms with E-state index in [0.29, 0.717) is 5.69 Å². The van der Waals surface area contributed by atoms with Crippen LogP contribution in [-0.2, 0) is 4.79 Å². The van der Waals surface area contributed by atoms with Gasteiger partial charge in [0.25, 0.3) is 0 Å². The smallest absolute Gasteiger partial charge is 0.239 e. The summed E-state index contributed by atoms with van der Waals surface area (Å²) in [6, 6.07) is 4.15. The van der Waals surface area contributed by atoms with Gasteiger partial charge in [-0.15, -0.1) is 0 Å². The molecule has 0 aliphatic carbocycles. The van der Waals surface area contributed by atoms with Crippen molar-refractivity contribution in [2.24, 2.45) is 0 Å². The molecule has 1 unspecified atom stereocenters. The Morgan fingerprint density at radius 3 is 2.82 bits per heavy atom. The number of carbonyl (C=O) groups excluding carboxylic acids is 1. The van der Waals surface area contributed by atoms with Crippen molar-refractivity contribution in [2.45, 2.75) is 26.3 Å². The van der Waals surface area contributed by atoms with Crippen LogP contribution in [0, 0.1) is 5.82 Å². The molecule has 0 saturated heterocycles. The number of amides is 1. The van der Waals surface area contributed by atoms with Crippen LogP contribution in [0.15, 0.2) is 18.2 Å². The van der Waals surface area contributed by atoms with E-state index < -0.39 is 5.82 Å². The molecular weight excluding hydrogens is 243 g/mol. The lowest BCUT2D eigenvalue weighted by Gasteiger charge is -2.13. The number of anilines is 1. The summed E-state index contributed by atoms with van der Waals surface area (Å²) in [6.45, 7) is 4.05. The van der Waals surface area contributed by atoms with Gasteiger partial charge >= 0.3 is 0 Å². The number of benzene rings is 1. The molecule has 0 aliphatic heterocycles. The second-order valence-corrected chi connectivity index (χ2v) is 4.26. The third-order valence-corrected chi connectivity index (χ3v) is 2.70. The van der Waals surface area contributed by atoms with Crippen molar-refractivity contribution in [3.63, 3.8) is 0 Å². The molecule has 1 atom stereocenters. The second-order valence-electron chi connectivity index (χ2n) is 3.85. The monoisotopic (exact) mass is 258 g/mol. The van der Waals surface area contributed by atoms with Gasteiger partial charge in [-0.05, 0) is 31.5 Å². The molecule has 0 spiro atoms. The van der Waals surface area contributed by atoms with Crippen LogP contribution in [0.5, 0.6) is 0 Å². The summed E-state index contributed by atoms with van der Waals surface area (Å²) < 4.78 is 12.8. The maximum absolute atomic E-state index is 12.8. The van der Waals surface area contributed by atoms with E-state index in [1.165, 1.54) is 18.2 Å². The normalized spacial score (nSPS) is 12.0. The van der Waals surface area contributed by atoms with Crippen molar-refractivity contribution >= 4 is 23.2 Å². The predicted octanol–water partition coefficient (Wildman–Crippen LogP) is 2.81. The van der Waals surface area contributed by atoms with Gasteiger partial charge in [0, 0.05) is 6.04 Å². The molecule has 0 radical (unpaired) electrons. The number of hydrogen-bond acceptors (Lipinski definition) is 2. The maximum Gasteiger partial charge on any atom is 0.239 e. The molecule has 94 valence electrons. The number of carbonyl (C=O) groups is 1. The molecule has 3 nitrogen and oxygen atoms in total. The summed E-state index contributed by atoms with van der Waals surface area (Å²) in [4.78, 5) is 11.5.